The quantitative estimate of drug-likeness (QED) is 0.771. The molecule has 1 aromatic rings. The van der Waals surface area contributed by atoms with Crippen molar-refractivity contribution in [1.29, 1.82) is 0 Å². The lowest BCUT2D eigenvalue weighted by Crippen LogP contribution is -2.10. The Labute approximate surface area is 122 Å². The molecular formula is C16H23NO2S. The predicted molar refractivity (Wildman–Crippen MR) is 85.0 cm³/mol. The van der Waals surface area contributed by atoms with Gasteiger partial charge in [0.1, 0.15) is 0 Å². The predicted octanol–water partition coefficient (Wildman–Crippen LogP) is 3.63. The number of pyridine rings is 1. The third-order valence-corrected chi connectivity index (χ3v) is 4.96. The number of aromatic nitrogens is 1. The van der Waals surface area contributed by atoms with E-state index >= 15 is 0 Å². The molecule has 1 unspecified atom stereocenters. The number of allylic oxidation sites excluding steroid dienone is 1. The highest BCUT2D eigenvalue weighted by molar-refractivity contribution is 7.94. The largest absolute Gasteiger partial charge is 0.253 e. The molecular weight excluding hydrogens is 270 g/mol. The van der Waals surface area contributed by atoms with Crippen molar-refractivity contribution in [3.63, 3.8) is 0 Å². The maximum absolute atomic E-state index is 11.6. The maximum Gasteiger partial charge on any atom is 0.173 e. The lowest BCUT2D eigenvalue weighted by atomic mass is 10.0. The van der Waals surface area contributed by atoms with Crippen molar-refractivity contribution >= 4 is 15.9 Å². The van der Waals surface area contributed by atoms with Gasteiger partial charge in [0.15, 0.2) is 9.84 Å². The van der Waals surface area contributed by atoms with Gasteiger partial charge >= 0.3 is 0 Å². The first kappa shape index (κ1) is 16.6. The second-order valence-corrected chi connectivity index (χ2v) is 7.71. The van der Waals surface area contributed by atoms with E-state index in [0.717, 1.165) is 24.2 Å². The van der Waals surface area contributed by atoms with Gasteiger partial charge in [0, 0.05) is 11.1 Å². The molecule has 110 valence electrons. The van der Waals surface area contributed by atoms with E-state index in [1.807, 2.05) is 18.2 Å². The molecule has 4 heteroatoms. The van der Waals surface area contributed by atoms with Crippen molar-refractivity contribution in [2.75, 3.05) is 0 Å². The Kier molecular flexibility index (Phi) is 6.14. The van der Waals surface area contributed by atoms with E-state index in [-0.39, 0.29) is 5.25 Å². The van der Waals surface area contributed by atoms with E-state index in [1.54, 1.807) is 26.0 Å². The van der Waals surface area contributed by atoms with Crippen LogP contribution in [-0.2, 0) is 16.3 Å². The molecule has 0 saturated heterocycles. The monoisotopic (exact) mass is 293 g/mol. The molecule has 1 atom stereocenters. The SMILES string of the molecule is C=Cc1cccc(CC(C)C/C=C\S(=O)(=O)C(C)C)n1. The van der Waals surface area contributed by atoms with Gasteiger partial charge in [-0.2, -0.15) is 0 Å². The lowest BCUT2D eigenvalue weighted by Gasteiger charge is -2.09. The smallest absolute Gasteiger partial charge is 0.173 e. The summed E-state index contributed by atoms with van der Waals surface area (Å²) >= 11 is 0. The fourth-order valence-corrected chi connectivity index (χ4v) is 2.44. The van der Waals surface area contributed by atoms with E-state index in [1.165, 1.54) is 5.41 Å². The van der Waals surface area contributed by atoms with Crippen LogP contribution in [0.25, 0.3) is 6.08 Å². The molecule has 1 aromatic heterocycles. The molecule has 0 bridgehead atoms. The highest BCUT2D eigenvalue weighted by Crippen LogP contribution is 2.13. The van der Waals surface area contributed by atoms with Crippen LogP contribution in [0.2, 0.25) is 0 Å². The standard InChI is InChI=1S/C16H23NO2S/c1-5-15-9-6-10-16(17-15)12-14(4)8-7-11-20(18,19)13(2)3/h5-7,9-11,13-14H,1,8,12H2,2-4H3/b11-7-. The molecule has 0 fully saturated rings. The van der Waals surface area contributed by atoms with Crippen molar-refractivity contribution in [2.24, 2.45) is 5.92 Å². The van der Waals surface area contributed by atoms with Gasteiger partial charge in [-0.25, -0.2) is 8.42 Å². The summed E-state index contributed by atoms with van der Waals surface area (Å²) in [6.45, 7) is 9.17. The zero-order valence-electron chi connectivity index (χ0n) is 12.4. The van der Waals surface area contributed by atoms with Crippen molar-refractivity contribution in [3.05, 3.63) is 47.6 Å². The number of hydrogen-bond acceptors (Lipinski definition) is 3. The van der Waals surface area contributed by atoms with Crippen LogP contribution in [0.4, 0.5) is 0 Å². The lowest BCUT2D eigenvalue weighted by molar-refractivity contribution is 0.579. The number of sulfone groups is 1. The van der Waals surface area contributed by atoms with Crippen LogP contribution in [-0.4, -0.2) is 18.7 Å². The maximum atomic E-state index is 11.6. The summed E-state index contributed by atoms with van der Waals surface area (Å²) in [7, 11) is -3.09. The van der Waals surface area contributed by atoms with Gasteiger partial charge in [-0.05, 0) is 50.8 Å². The fourth-order valence-electron chi connectivity index (χ4n) is 1.74. The van der Waals surface area contributed by atoms with Crippen molar-refractivity contribution in [2.45, 2.75) is 38.9 Å². The minimum absolute atomic E-state index is 0.348. The topological polar surface area (TPSA) is 47.0 Å². The molecule has 1 rings (SSSR count). The molecule has 0 N–H and O–H groups in total. The van der Waals surface area contributed by atoms with Crippen molar-refractivity contribution < 1.29 is 8.42 Å². The molecule has 0 aliphatic rings. The number of hydrogen-bond donors (Lipinski definition) is 0. The second-order valence-electron chi connectivity index (χ2n) is 5.31. The van der Waals surface area contributed by atoms with E-state index in [2.05, 4.69) is 18.5 Å². The minimum Gasteiger partial charge on any atom is -0.253 e. The van der Waals surface area contributed by atoms with E-state index < -0.39 is 9.84 Å². The van der Waals surface area contributed by atoms with Crippen molar-refractivity contribution in [1.82, 2.24) is 4.98 Å². The molecule has 0 saturated carbocycles. The molecule has 0 aromatic carbocycles. The summed E-state index contributed by atoms with van der Waals surface area (Å²) in [6, 6.07) is 5.86. The molecule has 3 nitrogen and oxygen atoms in total. The normalized spacial score (nSPS) is 13.8. The first-order valence-corrected chi connectivity index (χ1v) is 8.45. The molecule has 0 spiro atoms. The van der Waals surface area contributed by atoms with Crippen LogP contribution in [0.5, 0.6) is 0 Å². The summed E-state index contributed by atoms with van der Waals surface area (Å²) in [6.07, 6.45) is 5.03. The summed E-state index contributed by atoms with van der Waals surface area (Å²) < 4.78 is 23.3. The van der Waals surface area contributed by atoms with Gasteiger partial charge < -0.3 is 0 Å². The van der Waals surface area contributed by atoms with Crippen LogP contribution in [0, 0.1) is 5.92 Å². The van der Waals surface area contributed by atoms with Crippen LogP contribution in [0.1, 0.15) is 38.6 Å². The first-order valence-electron chi connectivity index (χ1n) is 6.84. The number of rotatable bonds is 7. The Morgan fingerprint density at radius 1 is 1.30 bits per heavy atom. The highest BCUT2D eigenvalue weighted by Gasteiger charge is 2.11. The van der Waals surface area contributed by atoms with E-state index in [4.69, 9.17) is 0 Å². The third kappa shape index (κ3) is 5.29. The summed E-state index contributed by atoms with van der Waals surface area (Å²) in [5.74, 6) is 0.348. The Balaban J connectivity index is 2.58. The van der Waals surface area contributed by atoms with Crippen LogP contribution in [0.3, 0.4) is 0 Å². The van der Waals surface area contributed by atoms with Gasteiger partial charge in [0.05, 0.1) is 10.9 Å². The third-order valence-electron chi connectivity index (χ3n) is 3.08. The Morgan fingerprint density at radius 2 is 2.00 bits per heavy atom. The zero-order chi connectivity index (χ0) is 15.2. The number of nitrogens with zero attached hydrogens (tertiary/aromatic N) is 1. The van der Waals surface area contributed by atoms with E-state index in [9.17, 15) is 8.42 Å². The Morgan fingerprint density at radius 3 is 2.60 bits per heavy atom. The van der Waals surface area contributed by atoms with E-state index in [0.29, 0.717) is 5.92 Å². The molecule has 20 heavy (non-hydrogen) atoms. The minimum atomic E-state index is -3.09. The average molecular weight is 293 g/mol. The summed E-state index contributed by atoms with van der Waals surface area (Å²) in [5.41, 5.74) is 1.88. The highest BCUT2D eigenvalue weighted by atomic mass is 32.2. The average Bonchev–Trinajstić information content (AvgIpc) is 2.38. The molecule has 0 amide bonds. The van der Waals surface area contributed by atoms with Gasteiger partial charge in [-0.3, -0.25) is 4.98 Å². The van der Waals surface area contributed by atoms with Crippen LogP contribution >= 0.6 is 0 Å². The molecule has 0 aliphatic carbocycles. The fraction of sp³-hybridized carbons (Fsp3) is 0.438. The van der Waals surface area contributed by atoms with Gasteiger partial charge in [0.25, 0.3) is 0 Å². The van der Waals surface area contributed by atoms with Crippen LogP contribution < -0.4 is 0 Å². The zero-order valence-corrected chi connectivity index (χ0v) is 13.2. The van der Waals surface area contributed by atoms with Gasteiger partial charge in [0.2, 0.25) is 0 Å². The molecule has 0 radical (unpaired) electrons. The Bertz CT molecular complexity index is 574. The van der Waals surface area contributed by atoms with Gasteiger partial charge in [-0.1, -0.05) is 25.6 Å². The summed E-state index contributed by atoms with van der Waals surface area (Å²) in [5, 5.41) is 0.974. The van der Waals surface area contributed by atoms with Crippen LogP contribution in [0.15, 0.2) is 36.3 Å². The summed E-state index contributed by atoms with van der Waals surface area (Å²) in [4.78, 5) is 4.46. The Hall–Kier alpha value is -1.42. The molecule has 1 heterocycles. The second kappa shape index (κ2) is 7.39. The first-order chi connectivity index (χ1) is 9.35. The van der Waals surface area contributed by atoms with Crippen molar-refractivity contribution in [3.8, 4) is 0 Å². The molecule has 0 aliphatic heterocycles. The van der Waals surface area contributed by atoms with Gasteiger partial charge in [-0.15, -0.1) is 0 Å².